The summed E-state index contributed by atoms with van der Waals surface area (Å²) in [6, 6.07) is 46.0. The Hall–Kier alpha value is -3.26. The van der Waals surface area contributed by atoms with Gasteiger partial charge in [0.15, 0.2) is 0 Å². The molecule has 32 heavy (non-hydrogen) atoms. The van der Waals surface area contributed by atoms with Crippen molar-refractivity contribution >= 4 is 21.6 Å². The second-order valence-electron chi connectivity index (χ2n) is 7.92. The predicted molar refractivity (Wildman–Crippen MR) is 136 cm³/mol. The molecule has 154 valence electrons. The van der Waals surface area contributed by atoms with Gasteiger partial charge in [-0.3, -0.25) is 0 Å². The van der Waals surface area contributed by atoms with Crippen LogP contribution in [0.4, 0.5) is 0 Å². The van der Waals surface area contributed by atoms with Crippen molar-refractivity contribution in [2.24, 2.45) is 0 Å². The second kappa shape index (κ2) is 7.70. The van der Waals surface area contributed by atoms with Crippen molar-refractivity contribution in [2.75, 3.05) is 0 Å². The van der Waals surface area contributed by atoms with Gasteiger partial charge in [-0.2, -0.15) is 0 Å². The molecule has 0 unspecified atom stereocenters. The van der Waals surface area contributed by atoms with Crippen LogP contribution < -0.4 is 0 Å². The molecule has 6 rings (SSSR count). The number of rotatable bonds is 3. The molecule has 1 aliphatic rings. The largest absolute Gasteiger partial charge is 0.132 e. The van der Waals surface area contributed by atoms with Gasteiger partial charge in [-0.1, -0.05) is 90.5 Å². The Morgan fingerprint density at radius 2 is 0.969 bits per heavy atom. The van der Waals surface area contributed by atoms with Crippen LogP contribution in [0.1, 0.15) is 0 Å². The lowest BCUT2D eigenvalue weighted by molar-refractivity contribution is 1.29. The molecule has 1 aliphatic heterocycles. The van der Waals surface area contributed by atoms with Crippen LogP contribution in [-0.2, 0) is 0 Å². The molecule has 0 nitrogen and oxygen atoms in total. The van der Waals surface area contributed by atoms with Crippen LogP contribution in [0.5, 0.6) is 0 Å². The lowest BCUT2D eigenvalue weighted by Gasteiger charge is -2.39. The van der Waals surface area contributed by atoms with Crippen molar-refractivity contribution in [3.8, 4) is 22.3 Å². The Morgan fingerprint density at radius 1 is 0.438 bits per heavy atom. The third kappa shape index (κ3) is 2.79. The topological polar surface area (TPSA) is 0 Å². The summed E-state index contributed by atoms with van der Waals surface area (Å²) < 4.78 is 0. The molecule has 1 heterocycles. The predicted octanol–water partition coefficient (Wildman–Crippen LogP) is 9.33. The highest BCUT2D eigenvalue weighted by molar-refractivity contribution is 8.34. The Labute approximate surface area is 195 Å². The standard InChI is InChI=1S/C30H21ClS/c31-23-20-18-22(19-21-23)26-15-9-17-29-30(26)27-14-7-8-16-28(27)32(29,24-10-3-1-4-11-24)25-12-5-2-6-13-25/h1-21H. The molecule has 0 aliphatic carbocycles. The summed E-state index contributed by atoms with van der Waals surface area (Å²) in [5, 5.41) is 0.760. The molecule has 0 spiro atoms. The van der Waals surface area contributed by atoms with Gasteiger partial charge in [0.05, 0.1) is 0 Å². The quantitative estimate of drug-likeness (QED) is 0.253. The third-order valence-electron chi connectivity index (χ3n) is 6.19. The maximum Gasteiger partial charge on any atom is 0.0406 e. The van der Waals surface area contributed by atoms with E-state index in [0.29, 0.717) is 0 Å². The summed E-state index contributed by atoms with van der Waals surface area (Å²) >= 11 is 6.21. The van der Waals surface area contributed by atoms with Gasteiger partial charge in [-0.05, 0) is 65.2 Å². The average Bonchev–Trinajstić information content (AvgIpc) is 3.17. The molecule has 0 radical (unpaired) electrons. The summed E-state index contributed by atoms with van der Waals surface area (Å²) in [6.07, 6.45) is 0. The highest BCUT2D eigenvalue weighted by Gasteiger charge is 2.42. The normalized spacial score (nSPS) is 14.4. The van der Waals surface area contributed by atoms with Crippen LogP contribution in [0, 0.1) is 0 Å². The Balaban J connectivity index is 1.77. The van der Waals surface area contributed by atoms with Gasteiger partial charge in [0.1, 0.15) is 0 Å². The minimum absolute atomic E-state index is 0.760. The Morgan fingerprint density at radius 3 is 1.62 bits per heavy atom. The highest BCUT2D eigenvalue weighted by Crippen LogP contribution is 2.80. The number of hydrogen-bond acceptors (Lipinski definition) is 0. The van der Waals surface area contributed by atoms with E-state index in [1.807, 2.05) is 12.1 Å². The zero-order valence-corrected chi connectivity index (χ0v) is 19.0. The van der Waals surface area contributed by atoms with E-state index < -0.39 is 10.0 Å². The molecule has 0 amide bonds. The van der Waals surface area contributed by atoms with E-state index in [2.05, 4.69) is 115 Å². The molecular formula is C30H21ClS. The number of hydrogen-bond donors (Lipinski definition) is 0. The maximum absolute atomic E-state index is 6.21. The van der Waals surface area contributed by atoms with Crippen LogP contribution in [0.3, 0.4) is 0 Å². The van der Waals surface area contributed by atoms with Crippen molar-refractivity contribution in [3.63, 3.8) is 0 Å². The molecule has 0 bridgehead atoms. The Kier molecular flexibility index (Phi) is 4.68. The molecule has 5 aromatic rings. The van der Waals surface area contributed by atoms with Crippen LogP contribution in [0.15, 0.2) is 147 Å². The first kappa shape index (κ1) is 19.4. The van der Waals surface area contributed by atoms with E-state index >= 15 is 0 Å². The minimum Gasteiger partial charge on any atom is -0.132 e. The zero-order valence-electron chi connectivity index (χ0n) is 17.4. The van der Waals surface area contributed by atoms with Gasteiger partial charge in [0, 0.05) is 30.2 Å². The molecule has 0 fully saturated rings. The van der Waals surface area contributed by atoms with Gasteiger partial charge >= 0.3 is 0 Å². The van der Waals surface area contributed by atoms with Gasteiger partial charge in [-0.15, -0.1) is 10.0 Å². The summed E-state index contributed by atoms with van der Waals surface area (Å²) in [6.45, 7) is 0. The lowest BCUT2D eigenvalue weighted by atomic mass is 9.95. The van der Waals surface area contributed by atoms with Gasteiger partial charge in [0.2, 0.25) is 0 Å². The molecule has 0 saturated carbocycles. The van der Waals surface area contributed by atoms with Crippen molar-refractivity contribution in [2.45, 2.75) is 19.6 Å². The van der Waals surface area contributed by atoms with Crippen LogP contribution in [0.25, 0.3) is 22.3 Å². The monoisotopic (exact) mass is 448 g/mol. The van der Waals surface area contributed by atoms with Gasteiger partial charge < -0.3 is 0 Å². The third-order valence-corrected chi connectivity index (χ3v) is 10.4. The van der Waals surface area contributed by atoms with Crippen molar-refractivity contribution in [3.05, 3.63) is 132 Å². The molecule has 2 heteroatoms. The van der Waals surface area contributed by atoms with E-state index in [-0.39, 0.29) is 0 Å². The molecular weight excluding hydrogens is 428 g/mol. The number of halogens is 1. The molecule has 0 saturated heterocycles. The Bertz CT molecular complexity index is 1370. The second-order valence-corrected chi connectivity index (χ2v) is 11.4. The maximum atomic E-state index is 6.21. The first-order valence-corrected chi connectivity index (χ1v) is 12.7. The lowest BCUT2D eigenvalue weighted by Crippen LogP contribution is -2.01. The fourth-order valence-electron chi connectivity index (χ4n) is 4.89. The van der Waals surface area contributed by atoms with Crippen molar-refractivity contribution < 1.29 is 0 Å². The van der Waals surface area contributed by atoms with Gasteiger partial charge in [-0.25, -0.2) is 0 Å². The first-order chi connectivity index (χ1) is 15.8. The fourth-order valence-corrected chi connectivity index (χ4v) is 9.26. The number of fused-ring (bicyclic) bond motifs is 3. The summed E-state index contributed by atoms with van der Waals surface area (Å²) in [5.41, 5.74) is 5.12. The van der Waals surface area contributed by atoms with E-state index in [1.165, 1.54) is 41.8 Å². The van der Waals surface area contributed by atoms with E-state index in [4.69, 9.17) is 11.6 Å². The smallest absolute Gasteiger partial charge is 0.0406 e. The van der Waals surface area contributed by atoms with Crippen LogP contribution >= 0.6 is 21.6 Å². The molecule has 0 N–H and O–H groups in total. The van der Waals surface area contributed by atoms with Gasteiger partial charge in [0.25, 0.3) is 0 Å². The SMILES string of the molecule is Clc1ccc(-c2cccc3c2-c2ccccc2S3(c2ccccc2)c2ccccc2)cc1. The van der Waals surface area contributed by atoms with E-state index in [0.717, 1.165) is 5.02 Å². The minimum atomic E-state index is -1.60. The van der Waals surface area contributed by atoms with E-state index in [1.54, 1.807) is 0 Å². The fraction of sp³-hybridized carbons (Fsp3) is 0. The summed E-state index contributed by atoms with van der Waals surface area (Å²) in [4.78, 5) is 5.55. The molecule has 5 aromatic carbocycles. The van der Waals surface area contributed by atoms with Crippen molar-refractivity contribution in [1.29, 1.82) is 0 Å². The average molecular weight is 449 g/mol. The van der Waals surface area contributed by atoms with Crippen LogP contribution in [0.2, 0.25) is 5.02 Å². The zero-order chi connectivity index (χ0) is 21.5. The van der Waals surface area contributed by atoms with E-state index in [9.17, 15) is 0 Å². The summed E-state index contributed by atoms with van der Waals surface area (Å²) in [7, 11) is -1.60. The summed E-state index contributed by atoms with van der Waals surface area (Å²) in [5.74, 6) is 0. The highest BCUT2D eigenvalue weighted by atomic mass is 35.5. The molecule has 0 aromatic heterocycles. The van der Waals surface area contributed by atoms with Crippen LogP contribution in [-0.4, -0.2) is 0 Å². The first-order valence-electron chi connectivity index (χ1n) is 10.7. The van der Waals surface area contributed by atoms with Crippen molar-refractivity contribution in [1.82, 2.24) is 0 Å². The molecule has 0 atom stereocenters. The number of benzene rings is 5.